The third kappa shape index (κ3) is 2.96. The highest BCUT2D eigenvalue weighted by molar-refractivity contribution is 5.70. The predicted molar refractivity (Wildman–Crippen MR) is 53.3 cm³/mol. The van der Waals surface area contributed by atoms with E-state index in [1.54, 1.807) is 7.11 Å². The number of carboxylic acid groups (broad SMARTS) is 1. The molecule has 1 aliphatic rings. The number of hydrogen-bond acceptors (Lipinski definition) is 3. The van der Waals surface area contributed by atoms with E-state index in [9.17, 15) is 4.79 Å². The van der Waals surface area contributed by atoms with Gasteiger partial charge in [-0.1, -0.05) is 0 Å². The molecule has 1 aliphatic heterocycles. The number of hydrogen-bond donors (Lipinski definition) is 1. The summed E-state index contributed by atoms with van der Waals surface area (Å²) in [6.45, 7) is 4.60. The average molecular weight is 201 g/mol. The second-order valence-corrected chi connectivity index (χ2v) is 3.94. The van der Waals surface area contributed by atoms with Crippen LogP contribution in [0, 0.1) is 5.92 Å². The molecule has 0 bridgehead atoms. The average Bonchev–Trinajstić information content (AvgIpc) is 2.15. The molecule has 0 spiro atoms. The summed E-state index contributed by atoms with van der Waals surface area (Å²) in [6, 6.07) is 0.361. The summed E-state index contributed by atoms with van der Waals surface area (Å²) in [4.78, 5) is 13.1. The summed E-state index contributed by atoms with van der Waals surface area (Å²) in [5.41, 5.74) is 0. The first-order valence-electron chi connectivity index (χ1n) is 5.11. The first kappa shape index (κ1) is 11.5. The Morgan fingerprint density at radius 1 is 1.64 bits per heavy atom. The molecule has 0 aromatic rings. The fourth-order valence-corrected chi connectivity index (χ4v) is 1.99. The van der Waals surface area contributed by atoms with Gasteiger partial charge in [-0.2, -0.15) is 0 Å². The number of methoxy groups -OCH3 is 1. The van der Waals surface area contributed by atoms with Crippen molar-refractivity contribution in [1.82, 2.24) is 4.90 Å². The molecule has 1 fully saturated rings. The lowest BCUT2D eigenvalue weighted by Crippen LogP contribution is -2.44. The summed E-state index contributed by atoms with van der Waals surface area (Å²) in [6.07, 6.45) is 1.53. The van der Waals surface area contributed by atoms with Gasteiger partial charge in [0.1, 0.15) is 0 Å². The Kier molecular flexibility index (Phi) is 4.35. The molecule has 1 rings (SSSR count). The number of ether oxygens (including phenoxy) is 1. The lowest BCUT2D eigenvalue weighted by atomic mass is 9.92. The molecule has 4 heteroatoms. The molecular formula is C10H19NO3. The lowest BCUT2D eigenvalue weighted by Gasteiger charge is -2.35. The van der Waals surface area contributed by atoms with Gasteiger partial charge in [0, 0.05) is 19.7 Å². The van der Waals surface area contributed by atoms with Crippen molar-refractivity contribution in [2.45, 2.75) is 25.8 Å². The Labute approximate surface area is 84.8 Å². The van der Waals surface area contributed by atoms with Crippen LogP contribution >= 0.6 is 0 Å². The molecule has 4 nitrogen and oxygen atoms in total. The van der Waals surface area contributed by atoms with Gasteiger partial charge in [-0.3, -0.25) is 9.69 Å². The molecule has 0 saturated carbocycles. The maximum atomic E-state index is 10.8. The van der Waals surface area contributed by atoms with Gasteiger partial charge in [0.2, 0.25) is 0 Å². The zero-order valence-corrected chi connectivity index (χ0v) is 8.90. The summed E-state index contributed by atoms with van der Waals surface area (Å²) >= 11 is 0. The smallest absolute Gasteiger partial charge is 0.306 e. The fourth-order valence-electron chi connectivity index (χ4n) is 1.99. The van der Waals surface area contributed by atoms with Gasteiger partial charge in [-0.25, -0.2) is 0 Å². The second-order valence-electron chi connectivity index (χ2n) is 3.94. The van der Waals surface area contributed by atoms with Crippen LogP contribution in [0.15, 0.2) is 0 Å². The highest BCUT2D eigenvalue weighted by atomic mass is 16.5. The van der Waals surface area contributed by atoms with Crippen LogP contribution in [0.4, 0.5) is 0 Å². The van der Waals surface area contributed by atoms with Crippen molar-refractivity contribution in [1.29, 1.82) is 0 Å². The molecular weight excluding hydrogens is 182 g/mol. The summed E-state index contributed by atoms with van der Waals surface area (Å²) in [5, 5.41) is 8.88. The van der Waals surface area contributed by atoms with E-state index in [0.717, 1.165) is 32.5 Å². The molecule has 0 aliphatic carbocycles. The topological polar surface area (TPSA) is 49.8 Å². The second kappa shape index (κ2) is 5.32. The number of nitrogens with zero attached hydrogens (tertiary/aromatic N) is 1. The van der Waals surface area contributed by atoms with Crippen LogP contribution in [0.1, 0.15) is 19.8 Å². The third-order valence-corrected chi connectivity index (χ3v) is 2.95. The van der Waals surface area contributed by atoms with Gasteiger partial charge in [-0.15, -0.1) is 0 Å². The highest BCUT2D eigenvalue weighted by Crippen LogP contribution is 2.22. The predicted octanol–water partition coefficient (Wildman–Crippen LogP) is 0.818. The number of likely N-dealkylation sites (tertiary alicyclic amines) is 1. The Bertz CT molecular complexity index is 196. The number of piperidine rings is 1. The first-order chi connectivity index (χ1) is 6.65. The highest BCUT2D eigenvalue weighted by Gasteiger charge is 2.28. The van der Waals surface area contributed by atoms with Gasteiger partial charge in [0.25, 0.3) is 0 Å². The molecule has 0 radical (unpaired) electrons. The van der Waals surface area contributed by atoms with Crippen LogP contribution in [-0.4, -0.2) is 48.8 Å². The molecule has 1 heterocycles. The standard InChI is InChI=1S/C10H19NO3/c1-8-7-9(10(12)13)3-4-11(8)5-6-14-2/h8-9H,3-7H2,1-2H3,(H,12,13). The normalized spacial score (nSPS) is 29.0. The largest absolute Gasteiger partial charge is 0.481 e. The minimum absolute atomic E-state index is 0.149. The zero-order chi connectivity index (χ0) is 10.6. The van der Waals surface area contributed by atoms with E-state index in [1.807, 2.05) is 0 Å². The van der Waals surface area contributed by atoms with Crippen molar-refractivity contribution in [3.8, 4) is 0 Å². The molecule has 2 unspecified atom stereocenters. The van der Waals surface area contributed by atoms with Gasteiger partial charge < -0.3 is 9.84 Å². The van der Waals surface area contributed by atoms with E-state index in [-0.39, 0.29) is 5.92 Å². The fraction of sp³-hybridized carbons (Fsp3) is 0.900. The minimum Gasteiger partial charge on any atom is -0.481 e. The summed E-state index contributed by atoms with van der Waals surface area (Å²) in [7, 11) is 1.69. The maximum Gasteiger partial charge on any atom is 0.306 e. The van der Waals surface area contributed by atoms with Crippen LogP contribution in [0.2, 0.25) is 0 Å². The van der Waals surface area contributed by atoms with E-state index >= 15 is 0 Å². The van der Waals surface area contributed by atoms with Crippen molar-refractivity contribution >= 4 is 5.97 Å². The number of carbonyl (C=O) groups is 1. The molecule has 1 saturated heterocycles. The molecule has 0 amide bonds. The number of aliphatic carboxylic acids is 1. The van der Waals surface area contributed by atoms with Crippen LogP contribution in [-0.2, 0) is 9.53 Å². The quantitative estimate of drug-likeness (QED) is 0.731. The maximum absolute atomic E-state index is 10.8. The Hall–Kier alpha value is -0.610. The minimum atomic E-state index is -0.650. The van der Waals surface area contributed by atoms with Crippen LogP contribution in [0.5, 0.6) is 0 Å². The molecule has 2 atom stereocenters. The lowest BCUT2D eigenvalue weighted by molar-refractivity contribution is -0.144. The number of rotatable bonds is 4. The SMILES string of the molecule is COCCN1CCC(C(=O)O)CC1C. The summed E-state index contributed by atoms with van der Waals surface area (Å²) in [5.74, 6) is -0.799. The monoisotopic (exact) mass is 201 g/mol. The van der Waals surface area contributed by atoms with Crippen LogP contribution < -0.4 is 0 Å². The van der Waals surface area contributed by atoms with Gasteiger partial charge in [0.05, 0.1) is 12.5 Å². The summed E-state index contributed by atoms with van der Waals surface area (Å²) < 4.78 is 5.01. The van der Waals surface area contributed by atoms with Crippen molar-refractivity contribution in [3.05, 3.63) is 0 Å². The van der Waals surface area contributed by atoms with E-state index in [1.165, 1.54) is 0 Å². The van der Waals surface area contributed by atoms with Crippen LogP contribution in [0.25, 0.3) is 0 Å². The molecule has 82 valence electrons. The van der Waals surface area contributed by atoms with Crippen molar-refractivity contribution < 1.29 is 14.6 Å². The van der Waals surface area contributed by atoms with Gasteiger partial charge in [-0.05, 0) is 26.3 Å². The first-order valence-corrected chi connectivity index (χ1v) is 5.11. The van der Waals surface area contributed by atoms with Crippen molar-refractivity contribution in [2.24, 2.45) is 5.92 Å². The van der Waals surface area contributed by atoms with Gasteiger partial charge >= 0.3 is 5.97 Å². The molecule has 0 aromatic carbocycles. The third-order valence-electron chi connectivity index (χ3n) is 2.95. The van der Waals surface area contributed by atoms with Crippen molar-refractivity contribution in [3.63, 3.8) is 0 Å². The van der Waals surface area contributed by atoms with E-state index in [0.29, 0.717) is 6.04 Å². The zero-order valence-electron chi connectivity index (χ0n) is 8.90. The van der Waals surface area contributed by atoms with E-state index < -0.39 is 5.97 Å². The van der Waals surface area contributed by atoms with Crippen LogP contribution in [0.3, 0.4) is 0 Å². The molecule has 1 N–H and O–H groups in total. The Morgan fingerprint density at radius 2 is 2.36 bits per heavy atom. The Morgan fingerprint density at radius 3 is 2.86 bits per heavy atom. The number of carboxylic acids is 1. The molecule has 14 heavy (non-hydrogen) atoms. The van der Waals surface area contributed by atoms with Crippen molar-refractivity contribution in [2.75, 3.05) is 26.8 Å². The van der Waals surface area contributed by atoms with E-state index in [4.69, 9.17) is 9.84 Å². The van der Waals surface area contributed by atoms with Gasteiger partial charge in [0.15, 0.2) is 0 Å². The van der Waals surface area contributed by atoms with E-state index in [2.05, 4.69) is 11.8 Å². The molecule has 0 aromatic heterocycles. The Balaban J connectivity index is 2.35.